The van der Waals surface area contributed by atoms with Crippen molar-refractivity contribution in [3.8, 4) is 0 Å². The van der Waals surface area contributed by atoms with E-state index in [9.17, 15) is 10.1 Å². The van der Waals surface area contributed by atoms with Gasteiger partial charge in [-0.25, -0.2) is 0 Å². The van der Waals surface area contributed by atoms with Gasteiger partial charge in [0.1, 0.15) is 0 Å². The van der Waals surface area contributed by atoms with Gasteiger partial charge in [-0.2, -0.15) is 0 Å². The molecule has 0 saturated heterocycles. The number of nitrogens with zero attached hydrogens (tertiary/aromatic N) is 2. The van der Waals surface area contributed by atoms with Crippen LogP contribution in [0.5, 0.6) is 0 Å². The highest BCUT2D eigenvalue weighted by Crippen LogP contribution is 2.05. The average Bonchev–Trinajstić information content (AvgIpc) is 2.03. The van der Waals surface area contributed by atoms with Crippen molar-refractivity contribution in [2.45, 2.75) is 13.3 Å². The molecular weight excluding hydrogens is 156 g/mol. The molecule has 0 radical (unpaired) electrons. The van der Waals surface area contributed by atoms with E-state index in [1.165, 1.54) is 0 Å². The summed E-state index contributed by atoms with van der Waals surface area (Å²) in [6, 6.07) is 1.86. The van der Waals surface area contributed by atoms with E-state index < -0.39 is 0 Å². The van der Waals surface area contributed by atoms with Gasteiger partial charge in [0, 0.05) is 23.7 Å². The molecule has 1 rings (SSSR count). The zero-order chi connectivity index (χ0) is 8.97. The first-order valence-corrected chi connectivity index (χ1v) is 3.71. The summed E-state index contributed by atoms with van der Waals surface area (Å²) < 4.78 is 0. The van der Waals surface area contributed by atoms with E-state index >= 15 is 0 Å². The predicted molar refractivity (Wildman–Crippen MR) is 44.5 cm³/mol. The van der Waals surface area contributed by atoms with Crippen molar-refractivity contribution in [2.75, 3.05) is 6.54 Å². The molecular formula is C8H10N2O2. The van der Waals surface area contributed by atoms with E-state index in [0.717, 1.165) is 11.1 Å². The van der Waals surface area contributed by atoms with Gasteiger partial charge in [-0.1, -0.05) is 0 Å². The molecule has 0 bridgehead atoms. The Hall–Kier alpha value is -1.45. The molecule has 4 nitrogen and oxygen atoms in total. The summed E-state index contributed by atoms with van der Waals surface area (Å²) in [4.78, 5) is 13.7. The summed E-state index contributed by atoms with van der Waals surface area (Å²) in [6.07, 6.45) is 3.83. The fraction of sp³-hybridized carbons (Fsp3) is 0.375. The third-order valence-corrected chi connectivity index (χ3v) is 1.71. The first-order valence-electron chi connectivity index (χ1n) is 3.71. The second kappa shape index (κ2) is 3.80. The van der Waals surface area contributed by atoms with Crippen LogP contribution < -0.4 is 0 Å². The van der Waals surface area contributed by atoms with Crippen molar-refractivity contribution >= 4 is 0 Å². The van der Waals surface area contributed by atoms with Gasteiger partial charge in [-0.15, -0.1) is 0 Å². The normalized spacial score (nSPS) is 9.75. The number of nitro groups is 1. The Morgan fingerprint density at radius 3 is 3.00 bits per heavy atom. The summed E-state index contributed by atoms with van der Waals surface area (Å²) in [5.74, 6) is 0. The molecule has 0 unspecified atom stereocenters. The molecule has 0 aliphatic heterocycles. The maximum absolute atomic E-state index is 10.1. The minimum absolute atomic E-state index is 0.0213. The molecule has 0 N–H and O–H groups in total. The van der Waals surface area contributed by atoms with Crippen LogP contribution in [0, 0.1) is 17.0 Å². The molecule has 64 valence electrons. The van der Waals surface area contributed by atoms with Crippen LogP contribution in [0.25, 0.3) is 0 Å². The number of aryl methyl sites for hydroxylation is 1. The summed E-state index contributed by atoms with van der Waals surface area (Å²) in [5, 5.41) is 10.1. The van der Waals surface area contributed by atoms with Crippen molar-refractivity contribution in [2.24, 2.45) is 0 Å². The quantitative estimate of drug-likeness (QED) is 0.501. The highest BCUT2D eigenvalue weighted by molar-refractivity contribution is 5.21. The third-order valence-electron chi connectivity index (χ3n) is 1.71. The SMILES string of the molecule is Cc1ccncc1CC[N+](=O)[O-]. The number of pyridine rings is 1. The third kappa shape index (κ3) is 2.30. The van der Waals surface area contributed by atoms with Gasteiger partial charge in [0.2, 0.25) is 6.54 Å². The maximum atomic E-state index is 10.1. The second-order valence-corrected chi connectivity index (χ2v) is 2.61. The van der Waals surface area contributed by atoms with Gasteiger partial charge in [0.15, 0.2) is 0 Å². The van der Waals surface area contributed by atoms with Crippen LogP contribution in [0.2, 0.25) is 0 Å². The molecule has 1 aromatic heterocycles. The zero-order valence-electron chi connectivity index (χ0n) is 6.86. The fourth-order valence-electron chi connectivity index (χ4n) is 0.970. The van der Waals surface area contributed by atoms with Crippen molar-refractivity contribution in [1.29, 1.82) is 0 Å². The Bertz CT molecular complexity index is 286. The molecule has 4 heteroatoms. The second-order valence-electron chi connectivity index (χ2n) is 2.61. The predicted octanol–water partition coefficient (Wildman–Crippen LogP) is 1.21. The highest BCUT2D eigenvalue weighted by Gasteiger charge is 2.01. The maximum Gasteiger partial charge on any atom is 0.207 e. The van der Waals surface area contributed by atoms with E-state index in [4.69, 9.17) is 0 Å². The van der Waals surface area contributed by atoms with Crippen molar-refractivity contribution in [3.05, 3.63) is 39.7 Å². The molecule has 12 heavy (non-hydrogen) atoms. The summed E-state index contributed by atoms with van der Waals surface area (Å²) in [6.45, 7) is 1.91. The molecule has 0 aliphatic rings. The minimum Gasteiger partial charge on any atom is -0.265 e. The fourth-order valence-corrected chi connectivity index (χ4v) is 0.970. The molecule has 0 atom stereocenters. The minimum atomic E-state index is -0.313. The molecule has 1 heterocycles. The number of rotatable bonds is 3. The van der Waals surface area contributed by atoms with E-state index in [-0.39, 0.29) is 11.5 Å². The molecule has 0 saturated carbocycles. The van der Waals surface area contributed by atoms with Crippen LogP contribution >= 0.6 is 0 Å². The van der Waals surface area contributed by atoms with Gasteiger partial charge in [0.25, 0.3) is 0 Å². The van der Waals surface area contributed by atoms with E-state index in [1.807, 2.05) is 13.0 Å². The van der Waals surface area contributed by atoms with Crippen LogP contribution in [0.1, 0.15) is 11.1 Å². The first-order chi connectivity index (χ1) is 5.70. The summed E-state index contributed by atoms with van der Waals surface area (Å²) in [5.41, 5.74) is 2.01. The lowest BCUT2D eigenvalue weighted by Gasteiger charge is -1.99. The van der Waals surface area contributed by atoms with Crippen molar-refractivity contribution in [1.82, 2.24) is 4.98 Å². The first kappa shape index (κ1) is 8.64. The van der Waals surface area contributed by atoms with Crippen molar-refractivity contribution < 1.29 is 4.92 Å². The van der Waals surface area contributed by atoms with Crippen molar-refractivity contribution in [3.63, 3.8) is 0 Å². The monoisotopic (exact) mass is 166 g/mol. The summed E-state index contributed by atoms with van der Waals surface area (Å²) >= 11 is 0. The molecule has 0 fully saturated rings. The van der Waals surface area contributed by atoms with E-state index in [1.54, 1.807) is 12.4 Å². The Labute approximate surface area is 70.4 Å². The average molecular weight is 166 g/mol. The van der Waals surface area contributed by atoms with E-state index in [0.29, 0.717) is 6.42 Å². The molecule has 0 spiro atoms. The largest absolute Gasteiger partial charge is 0.265 e. The lowest BCUT2D eigenvalue weighted by Crippen LogP contribution is -2.05. The van der Waals surface area contributed by atoms with Gasteiger partial charge >= 0.3 is 0 Å². The molecule has 0 aliphatic carbocycles. The van der Waals surface area contributed by atoms with Gasteiger partial charge < -0.3 is 0 Å². The van der Waals surface area contributed by atoms with Gasteiger partial charge in [-0.05, 0) is 24.1 Å². The number of hydrogen-bond acceptors (Lipinski definition) is 3. The lowest BCUT2D eigenvalue weighted by molar-refractivity contribution is -0.479. The Morgan fingerprint density at radius 1 is 1.67 bits per heavy atom. The summed E-state index contributed by atoms with van der Waals surface area (Å²) in [7, 11) is 0. The smallest absolute Gasteiger partial charge is 0.207 e. The highest BCUT2D eigenvalue weighted by atomic mass is 16.6. The van der Waals surface area contributed by atoms with Crippen LogP contribution in [-0.2, 0) is 6.42 Å². The lowest BCUT2D eigenvalue weighted by atomic mass is 10.1. The standard InChI is InChI=1S/C8H10N2O2/c1-7-2-4-9-6-8(7)3-5-10(11)12/h2,4,6H,3,5H2,1H3. The number of aromatic nitrogens is 1. The van der Waals surface area contributed by atoms with Crippen LogP contribution in [0.3, 0.4) is 0 Å². The van der Waals surface area contributed by atoms with Gasteiger partial charge in [-0.3, -0.25) is 15.1 Å². The van der Waals surface area contributed by atoms with Crippen LogP contribution in [0.4, 0.5) is 0 Å². The Morgan fingerprint density at radius 2 is 2.42 bits per heavy atom. The Balaban J connectivity index is 2.63. The molecule has 0 amide bonds. The number of hydrogen-bond donors (Lipinski definition) is 0. The van der Waals surface area contributed by atoms with Gasteiger partial charge in [0.05, 0.1) is 0 Å². The molecule has 0 aromatic carbocycles. The zero-order valence-corrected chi connectivity index (χ0v) is 6.86. The Kier molecular flexibility index (Phi) is 2.74. The van der Waals surface area contributed by atoms with Crippen LogP contribution in [0.15, 0.2) is 18.5 Å². The topological polar surface area (TPSA) is 56.0 Å². The van der Waals surface area contributed by atoms with Crippen LogP contribution in [-0.4, -0.2) is 16.5 Å². The van der Waals surface area contributed by atoms with E-state index in [2.05, 4.69) is 4.98 Å². The molecule has 1 aromatic rings.